The van der Waals surface area contributed by atoms with Crippen molar-refractivity contribution in [2.75, 3.05) is 11.9 Å². The number of benzene rings is 3. The molecule has 0 saturated heterocycles. The summed E-state index contributed by atoms with van der Waals surface area (Å²) in [4.78, 5) is 12.9. The molecule has 1 aromatic heterocycles. The van der Waals surface area contributed by atoms with Crippen molar-refractivity contribution >= 4 is 78.0 Å². The number of nitrogens with zero attached hydrogens (tertiary/aromatic N) is 2. The maximum Gasteiger partial charge on any atom is 0.243 e. The van der Waals surface area contributed by atoms with E-state index in [1.165, 1.54) is 41.9 Å². The molecule has 1 amide bonds. The first-order valence-corrected chi connectivity index (χ1v) is 12.9. The maximum atomic E-state index is 13.4. The number of carbonyl (C=O) groups is 1. The third kappa shape index (κ3) is 5.66. The van der Waals surface area contributed by atoms with Gasteiger partial charge in [-0.1, -0.05) is 40.9 Å². The van der Waals surface area contributed by atoms with Gasteiger partial charge in [0.05, 0.1) is 16.1 Å². The Morgan fingerprint density at radius 3 is 2.42 bits per heavy atom. The Kier molecular flexibility index (Phi) is 7.23. The van der Waals surface area contributed by atoms with Crippen LogP contribution in [0.15, 0.2) is 71.8 Å². The molecule has 1 heterocycles. The Labute approximate surface area is 209 Å². The van der Waals surface area contributed by atoms with E-state index in [4.69, 9.17) is 34.8 Å². The van der Waals surface area contributed by atoms with Crippen molar-refractivity contribution in [3.63, 3.8) is 0 Å². The van der Waals surface area contributed by atoms with Crippen LogP contribution in [0.1, 0.15) is 5.56 Å². The Balaban J connectivity index is 1.62. The van der Waals surface area contributed by atoms with Crippen LogP contribution in [0.3, 0.4) is 0 Å². The van der Waals surface area contributed by atoms with Crippen LogP contribution in [0.2, 0.25) is 15.1 Å². The maximum absolute atomic E-state index is 13.4. The van der Waals surface area contributed by atoms with Gasteiger partial charge in [-0.05, 0) is 71.7 Å². The van der Waals surface area contributed by atoms with E-state index in [1.807, 2.05) is 6.07 Å². The Hall–Kier alpha value is -2.20. The molecule has 0 aliphatic heterocycles. The number of anilines is 1. The molecule has 0 fully saturated rings. The summed E-state index contributed by atoms with van der Waals surface area (Å²) in [5, 5.41) is 4.76. The fraction of sp³-hybridized carbons (Fsp3) is 0.0909. The van der Waals surface area contributed by atoms with Gasteiger partial charge in [-0.15, -0.1) is 0 Å². The summed E-state index contributed by atoms with van der Waals surface area (Å²) in [6.45, 7) is -0.550. The van der Waals surface area contributed by atoms with Crippen molar-refractivity contribution in [2.45, 2.75) is 11.4 Å². The van der Waals surface area contributed by atoms with Crippen molar-refractivity contribution < 1.29 is 13.2 Å². The standard InChI is InChI=1S/C22H16Cl3N3O3S2/c23-16-3-6-19(7-4-16)33(30,31)28(12-14-1-2-17(24)10-20(14)25)13-22(29)27-18-5-8-21-15(9-18)11-26-32-21/h1-11H,12-13H2,(H,27,29). The number of aromatic nitrogens is 1. The Morgan fingerprint density at radius 2 is 1.70 bits per heavy atom. The van der Waals surface area contributed by atoms with E-state index in [1.54, 1.807) is 30.5 Å². The molecule has 0 unspecified atom stereocenters. The van der Waals surface area contributed by atoms with Gasteiger partial charge < -0.3 is 5.32 Å². The van der Waals surface area contributed by atoms with E-state index < -0.39 is 22.5 Å². The molecule has 4 rings (SSSR count). The summed E-state index contributed by atoms with van der Waals surface area (Å²) >= 11 is 19.5. The van der Waals surface area contributed by atoms with Crippen molar-refractivity contribution in [3.05, 3.63) is 87.5 Å². The average Bonchev–Trinajstić information content (AvgIpc) is 3.23. The summed E-state index contributed by atoms with van der Waals surface area (Å²) in [6.07, 6.45) is 1.70. The highest BCUT2D eigenvalue weighted by atomic mass is 35.5. The number of hydrogen-bond acceptors (Lipinski definition) is 5. The van der Waals surface area contributed by atoms with Gasteiger partial charge in [-0.2, -0.15) is 8.68 Å². The highest BCUT2D eigenvalue weighted by Gasteiger charge is 2.27. The van der Waals surface area contributed by atoms with Crippen LogP contribution in [-0.2, 0) is 21.4 Å². The molecule has 0 aliphatic carbocycles. The first-order chi connectivity index (χ1) is 15.7. The smallest absolute Gasteiger partial charge is 0.243 e. The van der Waals surface area contributed by atoms with Crippen LogP contribution in [0.5, 0.6) is 0 Å². The van der Waals surface area contributed by atoms with Crippen LogP contribution in [-0.4, -0.2) is 29.5 Å². The minimum Gasteiger partial charge on any atom is -0.325 e. The molecular weight excluding hydrogens is 525 g/mol. The molecular formula is C22H16Cl3N3O3S2. The molecule has 0 atom stereocenters. The lowest BCUT2D eigenvalue weighted by Gasteiger charge is -2.22. The number of carbonyl (C=O) groups excluding carboxylic acids is 1. The van der Waals surface area contributed by atoms with Crippen molar-refractivity contribution in [3.8, 4) is 0 Å². The summed E-state index contributed by atoms with van der Waals surface area (Å²) < 4.78 is 32.9. The molecule has 4 aromatic rings. The third-order valence-corrected chi connectivity index (χ3v) is 8.19. The number of amides is 1. The van der Waals surface area contributed by atoms with Gasteiger partial charge in [-0.25, -0.2) is 8.42 Å². The van der Waals surface area contributed by atoms with Crippen LogP contribution < -0.4 is 5.32 Å². The van der Waals surface area contributed by atoms with Gasteiger partial charge >= 0.3 is 0 Å². The molecule has 0 aliphatic rings. The van der Waals surface area contributed by atoms with Crippen LogP contribution in [0.25, 0.3) is 10.1 Å². The summed E-state index contributed by atoms with van der Waals surface area (Å²) in [5.74, 6) is -0.500. The predicted octanol–water partition coefficient (Wildman–Crippen LogP) is 6.09. The minimum atomic E-state index is -4.04. The van der Waals surface area contributed by atoms with Crippen LogP contribution >= 0.6 is 46.3 Å². The Bertz CT molecular complexity index is 1420. The van der Waals surface area contributed by atoms with E-state index >= 15 is 0 Å². The monoisotopic (exact) mass is 539 g/mol. The predicted molar refractivity (Wildman–Crippen MR) is 134 cm³/mol. The van der Waals surface area contributed by atoms with E-state index in [2.05, 4.69) is 9.69 Å². The molecule has 11 heteroatoms. The van der Waals surface area contributed by atoms with Gasteiger partial charge in [0, 0.05) is 38.9 Å². The lowest BCUT2D eigenvalue weighted by molar-refractivity contribution is -0.116. The molecule has 1 N–H and O–H groups in total. The minimum absolute atomic E-state index is 0.00977. The molecule has 33 heavy (non-hydrogen) atoms. The zero-order valence-corrected chi connectivity index (χ0v) is 20.7. The Morgan fingerprint density at radius 1 is 0.970 bits per heavy atom. The molecule has 6 nitrogen and oxygen atoms in total. The second kappa shape index (κ2) is 9.97. The third-order valence-electron chi connectivity index (χ3n) is 4.77. The SMILES string of the molecule is O=C(CN(Cc1ccc(Cl)cc1Cl)S(=O)(=O)c1ccc(Cl)cc1)Nc1ccc2sncc2c1. The van der Waals surface area contributed by atoms with Crippen molar-refractivity contribution in [1.82, 2.24) is 8.68 Å². The number of fused-ring (bicyclic) bond motifs is 1. The second-order valence-corrected chi connectivity index (χ2v) is 11.1. The molecule has 0 radical (unpaired) electrons. The number of rotatable bonds is 7. The normalized spacial score (nSPS) is 11.8. The van der Waals surface area contributed by atoms with Crippen molar-refractivity contribution in [2.24, 2.45) is 0 Å². The molecule has 3 aromatic carbocycles. The topological polar surface area (TPSA) is 79.4 Å². The van der Waals surface area contributed by atoms with Gasteiger partial charge in [0.2, 0.25) is 15.9 Å². The highest BCUT2D eigenvalue weighted by Crippen LogP contribution is 2.26. The quantitative estimate of drug-likeness (QED) is 0.308. The number of nitrogens with one attached hydrogen (secondary N) is 1. The first kappa shape index (κ1) is 23.9. The largest absolute Gasteiger partial charge is 0.325 e. The zero-order valence-electron chi connectivity index (χ0n) is 16.8. The van der Waals surface area contributed by atoms with Crippen molar-refractivity contribution in [1.29, 1.82) is 0 Å². The fourth-order valence-electron chi connectivity index (χ4n) is 3.13. The van der Waals surface area contributed by atoms with Gasteiger partial charge in [0.25, 0.3) is 0 Å². The lowest BCUT2D eigenvalue weighted by Crippen LogP contribution is -2.37. The first-order valence-electron chi connectivity index (χ1n) is 9.56. The van der Waals surface area contributed by atoms with E-state index in [0.717, 1.165) is 14.4 Å². The summed E-state index contributed by atoms with van der Waals surface area (Å²) in [6, 6.07) is 15.9. The lowest BCUT2D eigenvalue weighted by atomic mass is 10.2. The number of sulfonamides is 1. The molecule has 0 saturated carbocycles. The number of halogens is 3. The molecule has 0 spiro atoms. The van der Waals surface area contributed by atoms with E-state index in [9.17, 15) is 13.2 Å². The van der Waals surface area contributed by atoms with Crippen LogP contribution in [0.4, 0.5) is 5.69 Å². The fourth-order valence-corrected chi connectivity index (χ4v) is 5.73. The van der Waals surface area contributed by atoms with Gasteiger partial charge in [0.15, 0.2) is 0 Å². The molecule has 170 valence electrons. The van der Waals surface area contributed by atoms with Crippen LogP contribution in [0, 0.1) is 0 Å². The van der Waals surface area contributed by atoms with Gasteiger partial charge in [0.1, 0.15) is 0 Å². The molecule has 0 bridgehead atoms. The summed E-state index contributed by atoms with van der Waals surface area (Å²) in [7, 11) is -4.04. The summed E-state index contributed by atoms with van der Waals surface area (Å²) in [5.41, 5.74) is 1.05. The average molecular weight is 541 g/mol. The van der Waals surface area contributed by atoms with Gasteiger partial charge in [-0.3, -0.25) is 4.79 Å². The van der Waals surface area contributed by atoms with E-state index in [-0.39, 0.29) is 11.4 Å². The highest BCUT2D eigenvalue weighted by molar-refractivity contribution is 7.89. The number of hydrogen-bond donors (Lipinski definition) is 1. The zero-order chi connectivity index (χ0) is 23.6. The van der Waals surface area contributed by atoms with E-state index in [0.29, 0.717) is 26.3 Å². The second-order valence-electron chi connectivity index (χ2n) is 7.09.